The molecular formula is C14H25N3O. The number of fused-ring (bicyclic) bond motifs is 1. The van der Waals surface area contributed by atoms with Gasteiger partial charge in [0.25, 0.3) is 0 Å². The second kappa shape index (κ2) is 4.82. The van der Waals surface area contributed by atoms with Crippen molar-refractivity contribution in [2.45, 2.75) is 57.8 Å². The van der Waals surface area contributed by atoms with Crippen LogP contribution < -0.4 is 5.32 Å². The van der Waals surface area contributed by atoms with E-state index in [9.17, 15) is 4.79 Å². The van der Waals surface area contributed by atoms with Crippen LogP contribution in [0.1, 0.15) is 39.5 Å². The van der Waals surface area contributed by atoms with E-state index < -0.39 is 0 Å². The molecule has 3 saturated heterocycles. The molecule has 0 saturated carbocycles. The third kappa shape index (κ3) is 1.95. The normalized spacial score (nSPS) is 37.6. The van der Waals surface area contributed by atoms with Gasteiger partial charge in [0.05, 0.1) is 18.8 Å². The Kier molecular flexibility index (Phi) is 3.32. The SMILES string of the molecule is CC(C)C1NCC(=O)N1C1CCN2CCCCC12. The lowest BCUT2D eigenvalue weighted by molar-refractivity contribution is -0.131. The van der Waals surface area contributed by atoms with E-state index in [0.717, 1.165) is 0 Å². The fraction of sp³-hybridized carbons (Fsp3) is 0.929. The maximum atomic E-state index is 12.2. The molecule has 3 heterocycles. The van der Waals surface area contributed by atoms with Gasteiger partial charge >= 0.3 is 0 Å². The molecule has 0 spiro atoms. The number of amides is 1. The molecule has 0 bridgehead atoms. The Morgan fingerprint density at radius 2 is 2.00 bits per heavy atom. The van der Waals surface area contributed by atoms with Crippen molar-refractivity contribution in [3.8, 4) is 0 Å². The molecule has 1 amide bonds. The van der Waals surface area contributed by atoms with E-state index in [2.05, 4.69) is 29.0 Å². The molecule has 0 aromatic heterocycles. The predicted molar refractivity (Wildman–Crippen MR) is 71.1 cm³/mol. The first-order valence-corrected chi connectivity index (χ1v) is 7.47. The third-order valence-corrected chi connectivity index (χ3v) is 4.86. The Labute approximate surface area is 110 Å². The molecule has 0 aromatic rings. The number of carbonyl (C=O) groups is 1. The Bertz CT molecular complexity index is 331. The Hall–Kier alpha value is -0.610. The Morgan fingerprint density at radius 1 is 1.17 bits per heavy atom. The summed E-state index contributed by atoms with van der Waals surface area (Å²) in [4.78, 5) is 17.0. The van der Waals surface area contributed by atoms with Crippen molar-refractivity contribution in [1.82, 2.24) is 15.1 Å². The number of piperidine rings is 1. The van der Waals surface area contributed by atoms with Gasteiger partial charge in [0.15, 0.2) is 0 Å². The second-order valence-electron chi connectivity index (χ2n) is 6.33. The van der Waals surface area contributed by atoms with E-state index in [1.807, 2.05) is 0 Å². The lowest BCUT2D eigenvalue weighted by Gasteiger charge is -2.39. The van der Waals surface area contributed by atoms with Gasteiger partial charge in [-0.25, -0.2) is 0 Å². The number of hydrogen-bond acceptors (Lipinski definition) is 3. The van der Waals surface area contributed by atoms with Crippen LogP contribution in [0, 0.1) is 5.92 Å². The van der Waals surface area contributed by atoms with Crippen LogP contribution in [0.25, 0.3) is 0 Å². The van der Waals surface area contributed by atoms with Crippen LogP contribution >= 0.6 is 0 Å². The zero-order chi connectivity index (χ0) is 12.7. The van der Waals surface area contributed by atoms with Gasteiger partial charge in [-0.2, -0.15) is 0 Å². The molecule has 4 heteroatoms. The van der Waals surface area contributed by atoms with Crippen molar-refractivity contribution < 1.29 is 4.79 Å². The molecule has 3 rings (SSSR count). The highest BCUT2D eigenvalue weighted by molar-refractivity contribution is 5.81. The summed E-state index contributed by atoms with van der Waals surface area (Å²) in [6.07, 6.45) is 5.37. The minimum Gasteiger partial charge on any atom is -0.321 e. The summed E-state index contributed by atoms with van der Waals surface area (Å²) in [6, 6.07) is 1.09. The fourth-order valence-corrected chi connectivity index (χ4v) is 4.03. The van der Waals surface area contributed by atoms with Crippen molar-refractivity contribution >= 4 is 5.91 Å². The van der Waals surface area contributed by atoms with Crippen molar-refractivity contribution in [2.75, 3.05) is 19.6 Å². The van der Waals surface area contributed by atoms with Crippen LogP contribution in [0.5, 0.6) is 0 Å². The molecule has 3 atom stereocenters. The molecule has 3 aliphatic rings. The summed E-state index contributed by atoms with van der Waals surface area (Å²) in [6.45, 7) is 7.37. The fourth-order valence-electron chi connectivity index (χ4n) is 4.03. The Morgan fingerprint density at radius 3 is 2.78 bits per heavy atom. The number of nitrogens with one attached hydrogen (secondary N) is 1. The maximum Gasteiger partial charge on any atom is 0.238 e. The largest absolute Gasteiger partial charge is 0.321 e. The standard InChI is InChI=1S/C14H25N3O/c1-10(2)14-15-9-13(18)17(14)12-6-8-16-7-4-3-5-11(12)16/h10-12,14-15H,3-9H2,1-2H3. The van der Waals surface area contributed by atoms with Crippen molar-refractivity contribution in [1.29, 1.82) is 0 Å². The number of nitrogens with zero attached hydrogens (tertiary/aromatic N) is 2. The highest BCUT2D eigenvalue weighted by Gasteiger charge is 2.45. The molecule has 0 aliphatic carbocycles. The lowest BCUT2D eigenvalue weighted by Crippen LogP contribution is -2.53. The molecular weight excluding hydrogens is 226 g/mol. The van der Waals surface area contributed by atoms with Gasteiger partial charge in [-0.05, 0) is 31.7 Å². The molecule has 18 heavy (non-hydrogen) atoms. The topological polar surface area (TPSA) is 35.6 Å². The van der Waals surface area contributed by atoms with Gasteiger partial charge in [-0.1, -0.05) is 20.3 Å². The molecule has 0 aromatic carbocycles. The van der Waals surface area contributed by atoms with Crippen molar-refractivity contribution in [3.05, 3.63) is 0 Å². The average Bonchev–Trinajstić information content (AvgIpc) is 2.92. The van der Waals surface area contributed by atoms with E-state index in [-0.39, 0.29) is 6.17 Å². The first kappa shape index (κ1) is 12.4. The van der Waals surface area contributed by atoms with Crippen molar-refractivity contribution in [2.24, 2.45) is 5.92 Å². The molecule has 3 aliphatic heterocycles. The third-order valence-electron chi connectivity index (χ3n) is 4.86. The van der Waals surface area contributed by atoms with Gasteiger partial charge in [-0.15, -0.1) is 0 Å². The van der Waals surface area contributed by atoms with E-state index in [1.54, 1.807) is 0 Å². The van der Waals surface area contributed by atoms with E-state index in [0.29, 0.717) is 30.5 Å². The van der Waals surface area contributed by atoms with Crippen LogP contribution in [0.3, 0.4) is 0 Å². The van der Waals surface area contributed by atoms with Crippen LogP contribution in [0.15, 0.2) is 0 Å². The molecule has 4 nitrogen and oxygen atoms in total. The highest BCUT2D eigenvalue weighted by Crippen LogP contribution is 2.33. The number of rotatable bonds is 2. The maximum absolute atomic E-state index is 12.2. The zero-order valence-corrected chi connectivity index (χ0v) is 11.6. The van der Waals surface area contributed by atoms with E-state index in [1.165, 1.54) is 38.8 Å². The first-order valence-electron chi connectivity index (χ1n) is 7.47. The zero-order valence-electron chi connectivity index (χ0n) is 11.6. The summed E-state index contributed by atoms with van der Waals surface area (Å²) in [5.41, 5.74) is 0. The van der Waals surface area contributed by atoms with Crippen LogP contribution in [-0.2, 0) is 4.79 Å². The minimum atomic E-state index is 0.254. The summed E-state index contributed by atoms with van der Waals surface area (Å²) >= 11 is 0. The molecule has 3 unspecified atom stereocenters. The van der Waals surface area contributed by atoms with Crippen LogP contribution in [-0.4, -0.2) is 53.6 Å². The molecule has 3 fully saturated rings. The summed E-state index contributed by atoms with van der Waals surface area (Å²) < 4.78 is 0. The monoisotopic (exact) mass is 251 g/mol. The Balaban J connectivity index is 1.78. The van der Waals surface area contributed by atoms with Gasteiger partial charge in [0.2, 0.25) is 5.91 Å². The van der Waals surface area contributed by atoms with E-state index in [4.69, 9.17) is 0 Å². The van der Waals surface area contributed by atoms with Gasteiger partial charge in [-0.3, -0.25) is 15.0 Å². The smallest absolute Gasteiger partial charge is 0.238 e. The van der Waals surface area contributed by atoms with Gasteiger partial charge < -0.3 is 4.90 Å². The van der Waals surface area contributed by atoms with Crippen molar-refractivity contribution in [3.63, 3.8) is 0 Å². The van der Waals surface area contributed by atoms with Crippen LogP contribution in [0.2, 0.25) is 0 Å². The average molecular weight is 251 g/mol. The van der Waals surface area contributed by atoms with Crippen LogP contribution in [0.4, 0.5) is 0 Å². The minimum absolute atomic E-state index is 0.254. The summed E-state index contributed by atoms with van der Waals surface area (Å²) in [5.74, 6) is 0.806. The summed E-state index contributed by atoms with van der Waals surface area (Å²) in [7, 11) is 0. The molecule has 1 N–H and O–H groups in total. The quantitative estimate of drug-likeness (QED) is 0.796. The summed E-state index contributed by atoms with van der Waals surface area (Å²) in [5, 5.41) is 3.39. The number of carbonyl (C=O) groups excluding carboxylic acids is 1. The second-order valence-corrected chi connectivity index (χ2v) is 6.33. The number of hydrogen-bond donors (Lipinski definition) is 1. The van der Waals surface area contributed by atoms with Gasteiger partial charge in [0, 0.05) is 12.6 Å². The lowest BCUT2D eigenvalue weighted by atomic mass is 9.96. The van der Waals surface area contributed by atoms with E-state index >= 15 is 0 Å². The van der Waals surface area contributed by atoms with Gasteiger partial charge in [0.1, 0.15) is 0 Å². The predicted octanol–water partition coefficient (Wildman–Crippen LogP) is 1.03. The highest BCUT2D eigenvalue weighted by atomic mass is 16.2. The molecule has 0 radical (unpaired) electrons. The molecule has 102 valence electrons. The first-order chi connectivity index (χ1) is 8.68.